The minimum atomic E-state index is -4.69. The van der Waals surface area contributed by atoms with E-state index in [4.69, 9.17) is 9.47 Å². The maximum absolute atomic E-state index is 13.5. The van der Waals surface area contributed by atoms with E-state index in [0.717, 1.165) is 18.6 Å². The first-order valence-corrected chi connectivity index (χ1v) is 9.18. The van der Waals surface area contributed by atoms with E-state index in [1.54, 1.807) is 0 Å². The lowest BCUT2D eigenvalue weighted by atomic mass is 9.97. The van der Waals surface area contributed by atoms with E-state index in [1.165, 1.54) is 0 Å². The normalized spacial score (nSPS) is 16.9. The van der Waals surface area contributed by atoms with Crippen LogP contribution in [0.2, 0.25) is 0 Å². The molecule has 8 nitrogen and oxygen atoms in total. The van der Waals surface area contributed by atoms with E-state index < -0.39 is 35.2 Å². The van der Waals surface area contributed by atoms with Crippen LogP contribution in [-0.4, -0.2) is 29.0 Å². The third-order valence-corrected chi connectivity index (χ3v) is 4.58. The first kappa shape index (κ1) is 20.9. The monoisotopic (exact) mass is 415 g/mol. The van der Waals surface area contributed by atoms with Crippen LogP contribution in [0.4, 0.5) is 18.0 Å². The predicted octanol–water partition coefficient (Wildman–Crippen LogP) is 3.04. The van der Waals surface area contributed by atoms with Crippen molar-refractivity contribution >= 4 is 17.0 Å². The van der Waals surface area contributed by atoms with E-state index in [1.807, 2.05) is 12.3 Å². The summed E-state index contributed by atoms with van der Waals surface area (Å²) >= 11 is 0. The van der Waals surface area contributed by atoms with Gasteiger partial charge in [0.25, 0.3) is 5.56 Å². The Hall–Kier alpha value is -2.82. The SMILES string of the molecule is CCCCOC(=O)Nn1c(=O)[nH]c2cc(C(F)(F)F)c([C@H]3CCCO3)cc2c1=O. The minimum Gasteiger partial charge on any atom is -0.448 e. The van der Waals surface area contributed by atoms with Crippen LogP contribution in [0.25, 0.3) is 10.9 Å². The number of benzene rings is 1. The molecule has 0 aliphatic carbocycles. The number of aromatic nitrogens is 2. The summed E-state index contributed by atoms with van der Waals surface area (Å²) in [6, 6.07) is 1.78. The van der Waals surface area contributed by atoms with Crippen molar-refractivity contribution in [2.45, 2.75) is 44.9 Å². The van der Waals surface area contributed by atoms with Crippen LogP contribution in [0, 0.1) is 0 Å². The van der Waals surface area contributed by atoms with E-state index in [-0.39, 0.29) is 23.1 Å². The topological polar surface area (TPSA) is 102 Å². The Morgan fingerprint density at radius 2 is 2.14 bits per heavy atom. The zero-order valence-electron chi connectivity index (χ0n) is 15.6. The van der Waals surface area contributed by atoms with E-state index in [2.05, 4.69) is 4.98 Å². The molecule has 0 spiro atoms. The Kier molecular flexibility index (Phi) is 5.96. The molecule has 1 aliphatic heterocycles. The Morgan fingerprint density at radius 3 is 2.76 bits per heavy atom. The second kappa shape index (κ2) is 8.27. The van der Waals surface area contributed by atoms with Gasteiger partial charge in [-0.15, -0.1) is 0 Å². The number of rotatable bonds is 5. The Morgan fingerprint density at radius 1 is 1.38 bits per heavy atom. The molecule has 11 heteroatoms. The van der Waals surface area contributed by atoms with Gasteiger partial charge in [0.05, 0.1) is 29.2 Å². The summed E-state index contributed by atoms with van der Waals surface area (Å²) in [6.45, 7) is 2.31. The molecule has 1 aromatic heterocycles. The molecular weight excluding hydrogens is 395 g/mol. The molecule has 0 radical (unpaired) electrons. The second-order valence-corrected chi connectivity index (χ2v) is 6.66. The van der Waals surface area contributed by atoms with Crippen LogP contribution in [0.5, 0.6) is 0 Å². The zero-order chi connectivity index (χ0) is 21.2. The number of hydrogen-bond acceptors (Lipinski definition) is 5. The standard InChI is InChI=1S/C18H20F3N3O5/c1-2-3-6-29-17(27)23-24-15(25)11-8-10(14-5-4-7-28-14)12(18(19,20)21)9-13(11)22-16(24)26/h8-9,14H,2-7H2,1H3,(H,22,26)(H,23,27)/t14-/m1/s1. The van der Waals surface area contributed by atoms with Gasteiger partial charge >= 0.3 is 18.0 Å². The number of fused-ring (bicyclic) bond motifs is 1. The zero-order valence-corrected chi connectivity index (χ0v) is 15.6. The number of unbranched alkanes of at least 4 members (excludes halogenated alkanes) is 1. The molecule has 2 aromatic rings. The summed E-state index contributed by atoms with van der Waals surface area (Å²) in [5.74, 6) is 0. The molecular formula is C18H20F3N3O5. The summed E-state index contributed by atoms with van der Waals surface area (Å²) < 4.78 is 51.2. The van der Waals surface area contributed by atoms with E-state index in [0.29, 0.717) is 30.5 Å². The molecule has 1 aromatic carbocycles. The summed E-state index contributed by atoms with van der Waals surface area (Å²) in [5, 5.41) is -0.183. The highest BCUT2D eigenvalue weighted by Gasteiger charge is 2.37. The number of nitrogens with zero attached hydrogens (tertiary/aromatic N) is 1. The number of carbonyl (C=O) groups is 1. The molecule has 0 bridgehead atoms. The maximum atomic E-state index is 13.5. The van der Waals surface area contributed by atoms with Gasteiger partial charge in [-0.2, -0.15) is 17.8 Å². The van der Waals surface area contributed by atoms with Crippen molar-refractivity contribution in [3.05, 3.63) is 44.1 Å². The number of hydrogen-bond donors (Lipinski definition) is 2. The number of carbonyl (C=O) groups excluding carboxylic acids is 1. The molecule has 29 heavy (non-hydrogen) atoms. The Labute approximate surface area is 162 Å². The summed E-state index contributed by atoms with van der Waals surface area (Å²) in [5.41, 5.74) is -1.49. The van der Waals surface area contributed by atoms with Gasteiger partial charge in [-0.1, -0.05) is 13.3 Å². The van der Waals surface area contributed by atoms with Gasteiger partial charge in [-0.05, 0) is 37.0 Å². The van der Waals surface area contributed by atoms with Crippen molar-refractivity contribution < 1.29 is 27.4 Å². The minimum absolute atomic E-state index is 0.0979. The van der Waals surface area contributed by atoms with Crippen LogP contribution >= 0.6 is 0 Å². The van der Waals surface area contributed by atoms with Crippen LogP contribution in [0.1, 0.15) is 49.8 Å². The fourth-order valence-electron chi connectivity index (χ4n) is 3.15. The first-order chi connectivity index (χ1) is 13.7. The molecule has 0 saturated carbocycles. The third-order valence-electron chi connectivity index (χ3n) is 4.58. The van der Waals surface area contributed by atoms with Crippen LogP contribution < -0.4 is 16.7 Å². The molecule has 158 valence electrons. The highest BCUT2D eigenvalue weighted by Crippen LogP contribution is 2.40. The van der Waals surface area contributed by atoms with Crippen LogP contribution in [-0.2, 0) is 15.7 Å². The van der Waals surface area contributed by atoms with Gasteiger partial charge in [0.15, 0.2) is 0 Å². The van der Waals surface area contributed by atoms with E-state index in [9.17, 15) is 27.6 Å². The fourth-order valence-corrected chi connectivity index (χ4v) is 3.15. The highest BCUT2D eigenvalue weighted by molar-refractivity contribution is 5.81. The van der Waals surface area contributed by atoms with Crippen molar-refractivity contribution in [2.24, 2.45) is 0 Å². The van der Waals surface area contributed by atoms with E-state index >= 15 is 0 Å². The number of H-pyrrole nitrogens is 1. The largest absolute Gasteiger partial charge is 0.448 e. The fraction of sp³-hybridized carbons (Fsp3) is 0.500. The molecule has 2 heterocycles. The molecule has 1 atom stereocenters. The van der Waals surface area contributed by atoms with Crippen molar-refractivity contribution in [3.8, 4) is 0 Å². The lowest BCUT2D eigenvalue weighted by Gasteiger charge is -2.18. The Bertz CT molecular complexity index is 1020. The molecule has 1 amide bonds. The summed E-state index contributed by atoms with van der Waals surface area (Å²) in [4.78, 5) is 38.8. The van der Waals surface area contributed by atoms with Crippen molar-refractivity contribution in [1.82, 2.24) is 9.66 Å². The highest BCUT2D eigenvalue weighted by atomic mass is 19.4. The predicted molar refractivity (Wildman–Crippen MR) is 97.4 cm³/mol. The van der Waals surface area contributed by atoms with Crippen molar-refractivity contribution in [1.29, 1.82) is 0 Å². The molecule has 0 unspecified atom stereocenters. The second-order valence-electron chi connectivity index (χ2n) is 6.66. The number of aromatic amines is 1. The lowest BCUT2D eigenvalue weighted by Crippen LogP contribution is -2.44. The van der Waals surface area contributed by atoms with Gasteiger partial charge in [-0.25, -0.2) is 15.0 Å². The number of ether oxygens (including phenoxy) is 2. The van der Waals surface area contributed by atoms with Gasteiger partial charge < -0.3 is 14.5 Å². The van der Waals surface area contributed by atoms with Gasteiger partial charge in [0.2, 0.25) is 0 Å². The smallest absolute Gasteiger partial charge is 0.426 e. The van der Waals surface area contributed by atoms with Gasteiger partial charge in [0.1, 0.15) is 0 Å². The van der Waals surface area contributed by atoms with Gasteiger partial charge in [0, 0.05) is 6.61 Å². The maximum Gasteiger partial charge on any atom is 0.426 e. The van der Waals surface area contributed by atoms with Gasteiger partial charge in [-0.3, -0.25) is 4.79 Å². The van der Waals surface area contributed by atoms with Crippen LogP contribution in [0.15, 0.2) is 21.7 Å². The number of amides is 1. The quantitative estimate of drug-likeness (QED) is 0.731. The lowest BCUT2D eigenvalue weighted by molar-refractivity contribution is -0.139. The number of nitrogens with one attached hydrogen (secondary N) is 2. The molecule has 3 rings (SSSR count). The van der Waals surface area contributed by atoms with Crippen molar-refractivity contribution in [2.75, 3.05) is 18.6 Å². The number of alkyl halides is 3. The molecule has 1 saturated heterocycles. The molecule has 2 N–H and O–H groups in total. The van der Waals surface area contributed by atoms with Crippen molar-refractivity contribution in [3.63, 3.8) is 0 Å². The number of halogens is 3. The van der Waals surface area contributed by atoms with Crippen LogP contribution in [0.3, 0.4) is 0 Å². The third kappa shape index (κ3) is 4.44. The molecule has 1 aliphatic rings. The average Bonchev–Trinajstić information content (AvgIpc) is 3.18. The summed E-state index contributed by atoms with van der Waals surface area (Å²) in [7, 11) is 0. The summed E-state index contributed by atoms with van der Waals surface area (Å²) in [6.07, 6.45) is -4.16. The molecule has 1 fully saturated rings. The Balaban J connectivity index is 2.07. The first-order valence-electron chi connectivity index (χ1n) is 9.18. The average molecular weight is 415 g/mol.